The Hall–Kier alpha value is -1.22. The molecule has 0 N–H and O–H groups in total. The summed E-state index contributed by atoms with van der Waals surface area (Å²) in [7, 11) is 0. The zero-order valence-electron chi connectivity index (χ0n) is 6.52. The molecule has 0 saturated carbocycles. The summed E-state index contributed by atoms with van der Waals surface area (Å²) in [5, 5.41) is 0. The normalized spacial score (nSPS) is 11.5. The van der Waals surface area contributed by atoms with Crippen LogP contribution >= 0.6 is 0 Å². The highest BCUT2D eigenvalue weighted by atomic mass is 13.8. The van der Waals surface area contributed by atoms with Gasteiger partial charge in [-0.2, -0.15) is 0 Å². The SMILES string of the molecule is C#CC(C)=CC=CC(=C)C. The van der Waals surface area contributed by atoms with Crippen molar-refractivity contribution in [2.45, 2.75) is 13.8 Å². The maximum atomic E-state index is 5.11. The van der Waals surface area contributed by atoms with Gasteiger partial charge in [0.2, 0.25) is 0 Å². The minimum Gasteiger partial charge on any atom is -0.115 e. The number of allylic oxidation sites excluding steroid dienone is 5. The largest absolute Gasteiger partial charge is 0.115 e. The lowest BCUT2D eigenvalue weighted by Gasteiger charge is -1.82. The summed E-state index contributed by atoms with van der Waals surface area (Å²) in [4.78, 5) is 0. The van der Waals surface area contributed by atoms with Gasteiger partial charge in [0.15, 0.2) is 0 Å². The second kappa shape index (κ2) is 4.64. The molecule has 0 heteroatoms. The number of hydrogen-bond donors (Lipinski definition) is 0. The van der Waals surface area contributed by atoms with Crippen LogP contribution in [0.15, 0.2) is 36.0 Å². The van der Waals surface area contributed by atoms with Crippen LogP contribution in [0.5, 0.6) is 0 Å². The van der Waals surface area contributed by atoms with Crippen LogP contribution in [0.25, 0.3) is 0 Å². The second-order valence-corrected chi connectivity index (χ2v) is 2.20. The van der Waals surface area contributed by atoms with Gasteiger partial charge in [-0.15, -0.1) is 6.42 Å². The van der Waals surface area contributed by atoms with Crippen molar-refractivity contribution in [2.75, 3.05) is 0 Å². The summed E-state index contributed by atoms with van der Waals surface area (Å²) < 4.78 is 0. The van der Waals surface area contributed by atoms with E-state index in [-0.39, 0.29) is 0 Å². The lowest BCUT2D eigenvalue weighted by Crippen LogP contribution is -1.64. The number of rotatable bonds is 2. The van der Waals surface area contributed by atoms with Crippen molar-refractivity contribution in [3.8, 4) is 12.3 Å². The van der Waals surface area contributed by atoms with Crippen LogP contribution in [0.1, 0.15) is 13.8 Å². The van der Waals surface area contributed by atoms with E-state index in [1.165, 1.54) is 0 Å². The summed E-state index contributed by atoms with van der Waals surface area (Å²) >= 11 is 0. The first-order chi connectivity index (χ1) is 4.66. The molecule has 0 aliphatic rings. The maximum Gasteiger partial charge on any atom is -0.00135 e. The van der Waals surface area contributed by atoms with Crippen LogP contribution in [0.4, 0.5) is 0 Å². The Kier molecular flexibility index (Phi) is 4.07. The molecule has 0 spiro atoms. The Labute approximate surface area is 63.0 Å². The van der Waals surface area contributed by atoms with Gasteiger partial charge in [-0.1, -0.05) is 36.3 Å². The zero-order valence-corrected chi connectivity index (χ0v) is 6.52. The maximum absolute atomic E-state index is 5.11. The molecule has 0 aromatic carbocycles. The van der Waals surface area contributed by atoms with Crippen LogP contribution < -0.4 is 0 Å². The van der Waals surface area contributed by atoms with Gasteiger partial charge in [0.05, 0.1) is 0 Å². The Bertz CT molecular complexity index is 209. The molecule has 0 bridgehead atoms. The van der Waals surface area contributed by atoms with Crippen molar-refractivity contribution < 1.29 is 0 Å². The molecular formula is C10H12. The summed E-state index contributed by atoms with van der Waals surface area (Å²) in [6, 6.07) is 0. The third kappa shape index (κ3) is 4.93. The molecular weight excluding hydrogens is 120 g/mol. The van der Waals surface area contributed by atoms with Crippen molar-refractivity contribution in [1.29, 1.82) is 0 Å². The highest BCUT2D eigenvalue weighted by molar-refractivity contribution is 5.28. The quantitative estimate of drug-likeness (QED) is 0.400. The van der Waals surface area contributed by atoms with Gasteiger partial charge in [-0.3, -0.25) is 0 Å². The van der Waals surface area contributed by atoms with Crippen molar-refractivity contribution in [2.24, 2.45) is 0 Å². The van der Waals surface area contributed by atoms with Crippen molar-refractivity contribution in [3.05, 3.63) is 36.0 Å². The molecule has 0 rings (SSSR count). The molecule has 0 heterocycles. The highest BCUT2D eigenvalue weighted by Gasteiger charge is 1.74. The van der Waals surface area contributed by atoms with E-state index in [1.54, 1.807) is 0 Å². The monoisotopic (exact) mass is 132 g/mol. The number of terminal acetylenes is 1. The molecule has 0 amide bonds. The van der Waals surface area contributed by atoms with Crippen LogP contribution in [-0.2, 0) is 0 Å². The smallest absolute Gasteiger partial charge is 0.00135 e. The molecule has 0 aromatic rings. The molecule has 0 aliphatic carbocycles. The lowest BCUT2D eigenvalue weighted by molar-refractivity contribution is 1.54. The molecule has 52 valence electrons. The molecule has 0 saturated heterocycles. The first-order valence-electron chi connectivity index (χ1n) is 3.14. The summed E-state index contributed by atoms with van der Waals surface area (Å²) in [5.41, 5.74) is 1.96. The van der Waals surface area contributed by atoms with E-state index in [4.69, 9.17) is 6.42 Å². The van der Waals surface area contributed by atoms with E-state index < -0.39 is 0 Å². The van der Waals surface area contributed by atoms with Gasteiger partial charge in [0.25, 0.3) is 0 Å². The zero-order chi connectivity index (χ0) is 7.98. The highest BCUT2D eigenvalue weighted by Crippen LogP contribution is 1.93. The van der Waals surface area contributed by atoms with E-state index in [0.717, 1.165) is 11.1 Å². The second-order valence-electron chi connectivity index (χ2n) is 2.20. The Balaban J connectivity index is 3.98. The predicted octanol–water partition coefficient (Wildman–Crippen LogP) is 2.70. The predicted molar refractivity (Wildman–Crippen MR) is 46.5 cm³/mol. The van der Waals surface area contributed by atoms with Gasteiger partial charge in [-0.25, -0.2) is 0 Å². The summed E-state index contributed by atoms with van der Waals surface area (Å²) in [5.74, 6) is 2.52. The van der Waals surface area contributed by atoms with Crippen LogP contribution in [0.3, 0.4) is 0 Å². The first kappa shape index (κ1) is 8.78. The third-order valence-electron chi connectivity index (χ3n) is 0.955. The minimum atomic E-state index is 0.928. The van der Waals surface area contributed by atoms with Gasteiger partial charge in [0, 0.05) is 0 Å². The van der Waals surface area contributed by atoms with E-state index in [0.29, 0.717) is 0 Å². The minimum absolute atomic E-state index is 0.928. The van der Waals surface area contributed by atoms with E-state index in [9.17, 15) is 0 Å². The van der Waals surface area contributed by atoms with Crippen molar-refractivity contribution in [1.82, 2.24) is 0 Å². The molecule has 0 aromatic heterocycles. The van der Waals surface area contributed by atoms with E-state index >= 15 is 0 Å². The molecule has 0 aliphatic heterocycles. The van der Waals surface area contributed by atoms with Crippen molar-refractivity contribution >= 4 is 0 Å². The summed E-state index contributed by atoms with van der Waals surface area (Å²) in [6.45, 7) is 7.54. The lowest BCUT2D eigenvalue weighted by atomic mass is 10.2. The fraction of sp³-hybridized carbons (Fsp3) is 0.200. The van der Waals surface area contributed by atoms with Crippen LogP contribution in [0.2, 0.25) is 0 Å². The summed E-state index contributed by atoms with van der Waals surface area (Å²) in [6.07, 6.45) is 10.8. The van der Waals surface area contributed by atoms with E-state index in [1.807, 2.05) is 32.1 Å². The van der Waals surface area contributed by atoms with Gasteiger partial charge in [-0.05, 0) is 19.4 Å². The van der Waals surface area contributed by atoms with Gasteiger partial charge in [0.1, 0.15) is 0 Å². The van der Waals surface area contributed by atoms with Crippen molar-refractivity contribution in [3.63, 3.8) is 0 Å². The molecule has 0 nitrogen and oxygen atoms in total. The Morgan fingerprint density at radius 3 is 2.50 bits per heavy atom. The Morgan fingerprint density at radius 1 is 1.50 bits per heavy atom. The third-order valence-corrected chi connectivity index (χ3v) is 0.955. The molecule has 0 radical (unpaired) electrons. The van der Waals surface area contributed by atoms with Gasteiger partial charge >= 0.3 is 0 Å². The standard InChI is InChI=1S/C10H12/c1-5-10(4)8-6-7-9(2)3/h1,6-8H,2H2,3-4H3. The fourth-order valence-corrected chi connectivity index (χ4v) is 0.405. The van der Waals surface area contributed by atoms with Gasteiger partial charge < -0.3 is 0 Å². The van der Waals surface area contributed by atoms with Crippen LogP contribution in [-0.4, -0.2) is 0 Å². The molecule has 0 atom stereocenters. The van der Waals surface area contributed by atoms with E-state index in [2.05, 4.69) is 12.5 Å². The number of hydrogen-bond acceptors (Lipinski definition) is 0. The average molecular weight is 132 g/mol. The molecule has 0 fully saturated rings. The Morgan fingerprint density at radius 2 is 2.10 bits per heavy atom. The average Bonchev–Trinajstić information content (AvgIpc) is 1.87. The molecule has 10 heavy (non-hydrogen) atoms. The fourth-order valence-electron chi connectivity index (χ4n) is 0.405. The molecule has 0 unspecified atom stereocenters. The van der Waals surface area contributed by atoms with Crippen LogP contribution in [0, 0.1) is 12.3 Å². The topological polar surface area (TPSA) is 0 Å². The first-order valence-corrected chi connectivity index (χ1v) is 3.14.